The zero-order chi connectivity index (χ0) is 35.6. The van der Waals surface area contributed by atoms with Crippen molar-refractivity contribution in [2.24, 2.45) is 0 Å². The van der Waals surface area contributed by atoms with E-state index in [9.17, 15) is 0 Å². The fraction of sp³-hybridized carbons (Fsp3) is 0. The first-order valence-corrected chi connectivity index (χ1v) is 18.7. The lowest BCUT2D eigenvalue weighted by Gasteiger charge is -2.14. The van der Waals surface area contributed by atoms with Crippen LogP contribution in [0.1, 0.15) is 0 Å². The predicted octanol–water partition coefficient (Wildman–Crippen LogP) is 15.3. The molecule has 0 unspecified atom stereocenters. The molecule has 0 aromatic heterocycles. The molecule has 0 heteroatoms. The molecule has 0 atom stereocenters. The van der Waals surface area contributed by atoms with Crippen LogP contribution in [0.5, 0.6) is 0 Å². The van der Waals surface area contributed by atoms with E-state index in [1.54, 1.807) is 0 Å². The molecule has 0 fully saturated rings. The van der Waals surface area contributed by atoms with Gasteiger partial charge in [-0.3, -0.25) is 0 Å². The fourth-order valence-electron chi connectivity index (χ4n) is 8.63. The second-order valence-corrected chi connectivity index (χ2v) is 14.5. The molecule has 0 aliphatic heterocycles. The van der Waals surface area contributed by atoms with Crippen molar-refractivity contribution in [3.05, 3.63) is 206 Å². The van der Waals surface area contributed by atoms with Gasteiger partial charge in [0.25, 0.3) is 0 Å². The highest BCUT2D eigenvalue weighted by Gasteiger charge is 2.13. The Labute approximate surface area is 314 Å². The summed E-state index contributed by atoms with van der Waals surface area (Å²) in [7, 11) is 0. The Morgan fingerprint density at radius 1 is 0.185 bits per heavy atom. The molecule has 0 saturated carbocycles. The minimum absolute atomic E-state index is 1.22. The summed E-state index contributed by atoms with van der Waals surface area (Å²) in [5.41, 5.74) is 9.94. The molecule has 0 N–H and O–H groups in total. The Morgan fingerprint density at radius 2 is 0.611 bits per heavy atom. The van der Waals surface area contributed by atoms with Gasteiger partial charge in [0.1, 0.15) is 0 Å². The smallest absolute Gasteiger partial charge is 0.00204 e. The molecule has 54 heavy (non-hydrogen) atoms. The summed E-state index contributed by atoms with van der Waals surface area (Å²) in [5.74, 6) is 0. The zero-order valence-corrected chi connectivity index (χ0v) is 29.6. The average molecular weight is 683 g/mol. The van der Waals surface area contributed by atoms with Crippen LogP contribution in [0.3, 0.4) is 0 Å². The average Bonchev–Trinajstić information content (AvgIpc) is 3.25. The monoisotopic (exact) mass is 682 g/mol. The van der Waals surface area contributed by atoms with Gasteiger partial charge in [0.05, 0.1) is 0 Å². The highest BCUT2D eigenvalue weighted by Crippen LogP contribution is 2.40. The van der Waals surface area contributed by atoms with E-state index in [2.05, 4.69) is 206 Å². The first-order chi connectivity index (χ1) is 26.7. The van der Waals surface area contributed by atoms with Crippen LogP contribution in [-0.2, 0) is 0 Å². The van der Waals surface area contributed by atoms with E-state index in [0.717, 1.165) is 0 Å². The van der Waals surface area contributed by atoms with Gasteiger partial charge in [0.2, 0.25) is 0 Å². The van der Waals surface area contributed by atoms with Crippen LogP contribution < -0.4 is 0 Å². The first kappa shape index (κ1) is 30.6. The molecule has 0 bridgehead atoms. The highest BCUT2D eigenvalue weighted by atomic mass is 14.2. The number of hydrogen-bond donors (Lipinski definition) is 0. The molecule has 0 aliphatic rings. The van der Waals surface area contributed by atoms with Crippen LogP contribution in [0, 0.1) is 0 Å². The molecule has 250 valence electrons. The summed E-state index contributed by atoms with van der Waals surface area (Å²) in [6.07, 6.45) is 0. The molecule has 0 radical (unpaired) electrons. The molecule has 11 aromatic carbocycles. The molecule has 11 aromatic rings. The topological polar surface area (TPSA) is 0 Å². The van der Waals surface area contributed by atoms with Crippen molar-refractivity contribution in [2.75, 3.05) is 0 Å². The largest absolute Gasteiger partial charge is 0.0616 e. The highest BCUT2D eigenvalue weighted by molar-refractivity contribution is 6.23. The van der Waals surface area contributed by atoms with Gasteiger partial charge in [-0.2, -0.15) is 0 Å². The van der Waals surface area contributed by atoms with E-state index < -0.39 is 0 Å². The fourth-order valence-corrected chi connectivity index (χ4v) is 8.63. The van der Waals surface area contributed by atoms with Crippen molar-refractivity contribution in [3.8, 4) is 44.5 Å². The molecule has 0 heterocycles. The van der Waals surface area contributed by atoms with Crippen molar-refractivity contribution < 1.29 is 0 Å². The standard InChI is InChI=1S/C54H34/c1-4-12-48-37(8-1)11-7-15-49(48)46-26-24-41-30-39(20-22-43(41)32-46)35-16-18-36(19-17-35)40-21-23-44-33-47(27-25-42(44)31-40)53-34-45-10-3-5-13-50(45)52-29-28-38-9-2-6-14-51(38)54(52)53/h1-34H. The van der Waals surface area contributed by atoms with Gasteiger partial charge in [-0.05, 0) is 139 Å². The number of rotatable bonds is 4. The van der Waals surface area contributed by atoms with Gasteiger partial charge in [0, 0.05) is 0 Å². The van der Waals surface area contributed by atoms with Crippen LogP contribution in [0.15, 0.2) is 206 Å². The molecule has 0 spiro atoms. The van der Waals surface area contributed by atoms with Gasteiger partial charge in [-0.1, -0.05) is 176 Å². The van der Waals surface area contributed by atoms with Gasteiger partial charge < -0.3 is 0 Å². The van der Waals surface area contributed by atoms with E-state index >= 15 is 0 Å². The van der Waals surface area contributed by atoms with E-state index in [1.807, 2.05) is 0 Å². The number of hydrogen-bond acceptors (Lipinski definition) is 0. The van der Waals surface area contributed by atoms with Gasteiger partial charge in [-0.25, -0.2) is 0 Å². The predicted molar refractivity (Wildman–Crippen MR) is 233 cm³/mol. The van der Waals surface area contributed by atoms with Gasteiger partial charge >= 0.3 is 0 Å². The zero-order valence-electron chi connectivity index (χ0n) is 29.6. The van der Waals surface area contributed by atoms with Crippen molar-refractivity contribution >= 4 is 64.6 Å². The quantitative estimate of drug-likeness (QED) is 0.162. The van der Waals surface area contributed by atoms with E-state index in [4.69, 9.17) is 0 Å². The lowest BCUT2D eigenvalue weighted by molar-refractivity contribution is 1.61. The number of fused-ring (bicyclic) bond motifs is 8. The maximum atomic E-state index is 2.38. The van der Waals surface area contributed by atoms with E-state index in [0.29, 0.717) is 0 Å². The molecular weight excluding hydrogens is 649 g/mol. The summed E-state index contributed by atoms with van der Waals surface area (Å²) in [5, 5.41) is 15.3. The second-order valence-electron chi connectivity index (χ2n) is 14.5. The van der Waals surface area contributed by atoms with Gasteiger partial charge in [-0.15, -0.1) is 0 Å². The number of benzene rings is 11. The van der Waals surface area contributed by atoms with Crippen LogP contribution >= 0.6 is 0 Å². The van der Waals surface area contributed by atoms with Crippen LogP contribution in [0.2, 0.25) is 0 Å². The van der Waals surface area contributed by atoms with Crippen LogP contribution in [-0.4, -0.2) is 0 Å². The molecular formula is C54H34. The Bertz CT molecular complexity index is 3250. The second kappa shape index (κ2) is 12.3. The molecule has 0 saturated heterocycles. The third kappa shape index (κ3) is 5.07. The maximum Gasteiger partial charge on any atom is -0.00204 e. The normalized spacial score (nSPS) is 11.7. The lowest BCUT2D eigenvalue weighted by Crippen LogP contribution is -1.87. The Kier molecular flexibility index (Phi) is 6.97. The minimum atomic E-state index is 1.22. The molecule has 0 amide bonds. The Morgan fingerprint density at radius 3 is 1.24 bits per heavy atom. The lowest BCUT2D eigenvalue weighted by atomic mass is 9.89. The molecule has 0 nitrogen and oxygen atoms in total. The summed E-state index contributed by atoms with van der Waals surface area (Å²) in [6.45, 7) is 0. The van der Waals surface area contributed by atoms with E-state index in [1.165, 1.54) is 109 Å². The van der Waals surface area contributed by atoms with Crippen molar-refractivity contribution in [1.82, 2.24) is 0 Å². The SMILES string of the molecule is c1ccc2c(-c3ccc4cc(-c5ccc(-c6ccc7cc(-c8cc9ccccc9c9ccc%10ccccc%10c89)ccc7c6)cc5)ccc4c3)cccc2c1. The van der Waals surface area contributed by atoms with Crippen LogP contribution in [0.4, 0.5) is 0 Å². The van der Waals surface area contributed by atoms with Gasteiger partial charge in [0.15, 0.2) is 0 Å². The summed E-state index contributed by atoms with van der Waals surface area (Å²) in [6, 6.07) is 76.1. The summed E-state index contributed by atoms with van der Waals surface area (Å²) < 4.78 is 0. The summed E-state index contributed by atoms with van der Waals surface area (Å²) >= 11 is 0. The third-order valence-corrected chi connectivity index (χ3v) is 11.4. The summed E-state index contributed by atoms with van der Waals surface area (Å²) in [4.78, 5) is 0. The van der Waals surface area contributed by atoms with Crippen molar-refractivity contribution in [2.45, 2.75) is 0 Å². The Balaban J connectivity index is 0.911. The molecule has 0 aliphatic carbocycles. The third-order valence-electron chi connectivity index (χ3n) is 11.4. The van der Waals surface area contributed by atoms with E-state index in [-0.39, 0.29) is 0 Å². The maximum absolute atomic E-state index is 2.38. The minimum Gasteiger partial charge on any atom is -0.0616 e. The van der Waals surface area contributed by atoms with Crippen molar-refractivity contribution in [1.29, 1.82) is 0 Å². The van der Waals surface area contributed by atoms with Crippen LogP contribution in [0.25, 0.3) is 109 Å². The molecule has 11 rings (SSSR count). The van der Waals surface area contributed by atoms with Crippen molar-refractivity contribution in [3.63, 3.8) is 0 Å². The Hall–Kier alpha value is -7.02. The first-order valence-electron chi connectivity index (χ1n) is 18.7.